The van der Waals surface area contributed by atoms with Crippen molar-refractivity contribution in [1.82, 2.24) is 19.1 Å². The molecule has 2 saturated heterocycles. The minimum Gasteiger partial charge on any atom is -0.490 e. The van der Waals surface area contributed by atoms with Gasteiger partial charge in [0, 0.05) is 56.3 Å². The van der Waals surface area contributed by atoms with Crippen molar-refractivity contribution in [3.63, 3.8) is 0 Å². The largest absolute Gasteiger partial charge is 0.490 e. The fraction of sp³-hybridized carbons (Fsp3) is 0.469. The van der Waals surface area contributed by atoms with E-state index in [1.807, 2.05) is 26.0 Å². The SMILES string of the molecule is CCOc1cc2nc(N3CCOCC3)nc(N3CCC(n4c(=O)c5cc(C(C)=O)ccc5n(C)c4=O)CC3)c2cc1OCC. The highest BCUT2D eigenvalue weighted by Gasteiger charge is 2.28. The monoisotopic (exact) mass is 602 g/mol. The van der Waals surface area contributed by atoms with Gasteiger partial charge in [-0.3, -0.25) is 18.7 Å². The molecule has 6 rings (SSSR count). The summed E-state index contributed by atoms with van der Waals surface area (Å²) >= 11 is 0. The number of anilines is 2. The number of benzene rings is 2. The van der Waals surface area contributed by atoms with Gasteiger partial charge in [-0.15, -0.1) is 0 Å². The first-order valence-corrected chi connectivity index (χ1v) is 15.3. The summed E-state index contributed by atoms with van der Waals surface area (Å²) in [4.78, 5) is 53.4. The van der Waals surface area contributed by atoms with Crippen LogP contribution in [0.15, 0.2) is 39.9 Å². The minimum atomic E-state index is -0.364. The highest BCUT2D eigenvalue weighted by molar-refractivity contribution is 5.97. The smallest absolute Gasteiger partial charge is 0.331 e. The molecule has 0 spiro atoms. The topological polar surface area (TPSA) is 121 Å². The number of carbonyl (C=O) groups is 1. The van der Waals surface area contributed by atoms with E-state index >= 15 is 0 Å². The van der Waals surface area contributed by atoms with Crippen LogP contribution < -0.4 is 30.5 Å². The first-order chi connectivity index (χ1) is 21.3. The summed E-state index contributed by atoms with van der Waals surface area (Å²) in [5.74, 6) is 2.55. The Bertz CT molecular complexity index is 1840. The van der Waals surface area contributed by atoms with Crippen LogP contribution in [0.2, 0.25) is 0 Å². The van der Waals surface area contributed by atoms with Gasteiger partial charge in [0.25, 0.3) is 5.56 Å². The summed E-state index contributed by atoms with van der Waals surface area (Å²) in [6.07, 6.45) is 1.14. The van der Waals surface area contributed by atoms with E-state index in [-0.39, 0.29) is 23.1 Å². The number of Topliss-reactive ketones (excluding diaryl/α,β-unsaturated/α-hetero) is 1. The van der Waals surface area contributed by atoms with Crippen LogP contribution in [0.1, 0.15) is 50.0 Å². The lowest BCUT2D eigenvalue weighted by Crippen LogP contribution is -2.45. The second-order valence-electron chi connectivity index (χ2n) is 11.2. The molecule has 0 saturated carbocycles. The number of aromatic nitrogens is 4. The molecule has 0 atom stereocenters. The molecule has 12 heteroatoms. The molecule has 2 aliphatic heterocycles. The number of carbonyl (C=O) groups excluding carboxylic acids is 1. The summed E-state index contributed by atoms with van der Waals surface area (Å²) in [6, 6.07) is 8.49. The van der Waals surface area contributed by atoms with E-state index in [2.05, 4.69) is 9.80 Å². The number of ketones is 1. The van der Waals surface area contributed by atoms with Crippen molar-refractivity contribution in [2.75, 3.05) is 62.4 Å². The molecule has 2 aliphatic rings. The summed E-state index contributed by atoms with van der Waals surface area (Å²) < 4.78 is 20.2. The molecule has 0 bridgehead atoms. The Morgan fingerprint density at radius 1 is 0.909 bits per heavy atom. The van der Waals surface area contributed by atoms with Gasteiger partial charge < -0.3 is 24.0 Å². The molecule has 0 radical (unpaired) electrons. The van der Waals surface area contributed by atoms with Gasteiger partial charge in [0.05, 0.1) is 42.8 Å². The molecule has 12 nitrogen and oxygen atoms in total. The number of piperidine rings is 1. The van der Waals surface area contributed by atoms with Gasteiger partial charge >= 0.3 is 5.69 Å². The standard InChI is InChI=1S/C32H38N6O6/c1-5-43-27-18-23-25(19-28(27)44-6-2)33-31(37-13-15-42-16-14-37)34-29(23)36-11-9-22(10-12-36)38-30(40)24-17-21(20(3)39)7-8-26(24)35(4)32(38)41/h7-8,17-19,22H,5-6,9-16H2,1-4H3. The van der Waals surface area contributed by atoms with Gasteiger partial charge in [0.15, 0.2) is 17.3 Å². The highest BCUT2D eigenvalue weighted by Crippen LogP contribution is 2.38. The lowest BCUT2D eigenvalue weighted by Gasteiger charge is -2.35. The summed E-state index contributed by atoms with van der Waals surface area (Å²) in [5.41, 5.74) is 0.991. The van der Waals surface area contributed by atoms with E-state index in [0.29, 0.717) is 99.4 Å². The average molecular weight is 603 g/mol. The van der Waals surface area contributed by atoms with Crippen molar-refractivity contribution in [3.05, 3.63) is 56.7 Å². The van der Waals surface area contributed by atoms with Gasteiger partial charge in [-0.2, -0.15) is 4.98 Å². The van der Waals surface area contributed by atoms with Crippen LogP contribution in [-0.2, 0) is 11.8 Å². The molecular weight excluding hydrogens is 564 g/mol. The third-order valence-electron chi connectivity index (χ3n) is 8.46. The Morgan fingerprint density at radius 2 is 1.59 bits per heavy atom. The Kier molecular flexibility index (Phi) is 8.26. The predicted molar refractivity (Wildman–Crippen MR) is 169 cm³/mol. The van der Waals surface area contributed by atoms with Crippen LogP contribution in [0, 0.1) is 0 Å². The van der Waals surface area contributed by atoms with Gasteiger partial charge in [-0.05, 0) is 57.9 Å². The maximum atomic E-state index is 13.7. The molecule has 0 unspecified atom stereocenters. The molecule has 4 heterocycles. The predicted octanol–water partition coefficient (Wildman–Crippen LogP) is 3.32. The normalized spacial score (nSPS) is 16.1. The molecular formula is C32H38N6O6. The number of rotatable bonds is 8. The number of hydrogen-bond donors (Lipinski definition) is 0. The first-order valence-electron chi connectivity index (χ1n) is 15.3. The molecule has 0 aliphatic carbocycles. The maximum absolute atomic E-state index is 13.7. The summed E-state index contributed by atoms with van der Waals surface area (Å²) in [6.45, 7) is 10.1. The maximum Gasteiger partial charge on any atom is 0.331 e. The van der Waals surface area contributed by atoms with Gasteiger partial charge in [-0.1, -0.05) is 0 Å². The van der Waals surface area contributed by atoms with Crippen LogP contribution in [0.5, 0.6) is 11.5 Å². The number of aryl methyl sites for hydroxylation is 1. The molecule has 4 aromatic rings. The van der Waals surface area contributed by atoms with Crippen LogP contribution in [-0.4, -0.2) is 77.5 Å². The van der Waals surface area contributed by atoms with E-state index in [1.165, 1.54) is 16.1 Å². The number of ether oxygens (including phenoxy) is 3. The molecule has 0 amide bonds. The number of nitrogens with zero attached hydrogens (tertiary/aromatic N) is 6. The molecule has 2 aromatic heterocycles. The number of fused-ring (bicyclic) bond motifs is 2. The third-order valence-corrected chi connectivity index (χ3v) is 8.46. The molecule has 44 heavy (non-hydrogen) atoms. The quantitative estimate of drug-likeness (QED) is 0.278. The fourth-order valence-electron chi connectivity index (χ4n) is 6.15. The highest BCUT2D eigenvalue weighted by atomic mass is 16.5. The summed E-state index contributed by atoms with van der Waals surface area (Å²) in [5, 5.41) is 1.22. The van der Waals surface area contributed by atoms with Crippen molar-refractivity contribution in [2.24, 2.45) is 7.05 Å². The second kappa shape index (κ2) is 12.3. The fourth-order valence-corrected chi connectivity index (χ4v) is 6.15. The zero-order valence-electron chi connectivity index (χ0n) is 25.7. The van der Waals surface area contributed by atoms with Crippen molar-refractivity contribution in [1.29, 1.82) is 0 Å². The van der Waals surface area contributed by atoms with E-state index < -0.39 is 0 Å². The third kappa shape index (κ3) is 5.38. The van der Waals surface area contributed by atoms with Gasteiger partial charge in [0.2, 0.25) is 5.95 Å². The van der Waals surface area contributed by atoms with Crippen molar-refractivity contribution in [2.45, 2.75) is 39.7 Å². The van der Waals surface area contributed by atoms with Crippen molar-refractivity contribution in [3.8, 4) is 11.5 Å². The van der Waals surface area contributed by atoms with E-state index in [9.17, 15) is 14.4 Å². The van der Waals surface area contributed by atoms with Crippen LogP contribution in [0.3, 0.4) is 0 Å². The Balaban J connectivity index is 1.38. The number of morpholine rings is 1. The first kappa shape index (κ1) is 29.6. The van der Waals surface area contributed by atoms with Crippen LogP contribution >= 0.6 is 0 Å². The Labute approximate surface area is 254 Å². The Hall–Kier alpha value is -4.45. The van der Waals surface area contributed by atoms with Gasteiger partial charge in [0.1, 0.15) is 5.82 Å². The molecule has 2 aromatic carbocycles. The number of hydrogen-bond acceptors (Lipinski definition) is 10. The molecule has 2 fully saturated rings. The molecule has 232 valence electrons. The van der Waals surface area contributed by atoms with Crippen molar-refractivity contribution >= 4 is 39.4 Å². The van der Waals surface area contributed by atoms with Crippen molar-refractivity contribution < 1.29 is 19.0 Å². The lowest BCUT2D eigenvalue weighted by atomic mass is 10.0. The minimum absolute atomic E-state index is 0.130. The van der Waals surface area contributed by atoms with Gasteiger partial charge in [-0.25, -0.2) is 9.78 Å². The molecule has 0 N–H and O–H groups in total. The summed E-state index contributed by atoms with van der Waals surface area (Å²) in [7, 11) is 1.66. The zero-order chi connectivity index (χ0) is 31.0. The zero-order valence-corrected chi connectivity index (χ0v) is 25.7. The lowest BCUT2D eigenvalue weighted by molar-refractivity contribution is 0.101. The van der Waals surface area contributed by atoms with Crippen LogP contribution in [0.4, 0.5) is 11.8 Å². The van der Waals surface area contributed by atoms with E-state index in [0.717, 1.165) is 16.7 Å². The van der Waals surface area contributed by atoms with E-state index in [1.54, 1.807) is 25.2 Å². The average Bonchev–Trinajstić information content (AvgIpc) is 3.04. The van der Waals surface area contributed by atoms with E-state index in [4.69, 9.17) is 24.2 Å². The Morgan fingerprint density at radius 3 is 2.25 bits per heavy atom. The van der Waals surface area contributed by atoms with Crippen LogP contribution in [0.25, 0.3) is 21.8 Å². The second-order valence-corrected chi connectivity index (χ2v) is 11.2.